The summed E-state index contributed by atoms with van der Waals surface area (Å²) in [5.41, 5.74) is 3.65. The number of piperazine rings is 1. The SMILES string of the molecule is Cc1ccc(OCC(O)CN2CCN(c3cc(Cl)ccc3C)CC2)cc1.Cl. The monoisotopic (exact) mass is 410 g/mol. The standard InChI is InChI=1S/C21H27ClN2O2.ClH/c1-16-3-7-20(8-4-16)26-15-19(25)14-23-9-11-24(12-10-23)21-13-18(22)6-5-17(21)2;/h3-8,13,19,25H,9-12,14-15H2,1-2H3;1H. The minimum atomic E-state index is -0.490. The van der Waals surface area contributed by atoms with Gasteiger partial charge in [0, 0.05) is 43.4 Å². The fourth-order valence-corrected chi connectivity index (χ4v) is 3.44. The van der Waals surface area contributed by atoms with Gasteiger partial charge in [-0.2, -0.15) is 0 Å². The highest BCUT2D eigenvalue weighted by Crippen LogP contribution is 2.25. The molecule has 2 aromatic carbocycles. The van der Waals surface area contributed by atoms with Crippen molar-refractivity contribution in [2.45, 2.75) is 20.0 Å². The van der Waals surface area contributed by atoms with Gasteiger partial charge in [0.15, 0.2) is 0 Å². The smallest absolute Gasteiger partial charge is 0.119 e. The number of halogens is 2. The Morgan fingerprint density at radius 2 is 1.70 bits per heavy atom. The van der Waals surface area contributed by atoms with Crippen molar-refractivity contribution in [3.8, 4) is 5.75 Å². The molecular formula is C21H28Cl2N2O2. The second kappa shape index (κ2) is 10.2. The zero-order valence-corrected chi connectivity index (χ0v) is 17.5. The molecule has 3 rings (SSSR count). The first-order valence-electron chi connectivity index (χ1n) is 9.12. The van der Waals surface area contributed by atoms with Crippen molar-refractivity contribution in [2.24, 2.45) is 0 Å². The summed E-state index contributed by atoms with van der Waals surface area (Å²) < 4.78 is 5.68. The summed E-state index contributed by atoms with van der Waals surface area (Å²) in [7, 11) is 0. The Morgan fingerprint density at radius 3 is 2.37 bits per heavy atom. The van der Waals surface area contributed by atoms with Crippen LogP contribution in [0.15, 0.2) is 42.5 Å². The van der Waals surface area contributed by atoms with Gasteiger partial charge >= 0.3 is 0 Å². The summed E-state index contributed by atoms with van der Waals surface area (Å²) in [5, 5.41) is 11.1. The first kappa shape index (κ1) is 21.8. The van der Waals surface area contributed by atoms with E-state index in [1.54, 1.807) is 0 Å². The molecule has 2 aromatic rings. The van der Waals surface area contributed by atoms with Crippen molar-refractivity contribution in [3.05, 3.63) is 58.6 Å². The number of β-amino-alcohol motifs (C(OH)–C–C–N with tert-alkyl or cyclic N) is 1. The van der Waals surface area contributed by atoms with Gasteiger partial charge in [-0.1, -0.05) is 35.4 Å². The molecule has 0 spiro atoms. The van der Waals surface area contributed by atoms with Crippen molar-refractivity contribution < 1.29 is 9.84 Å². The van der Waals surface area contributed by atoms with E-state index in [1.807, 2.05) is 43.3 Å². The summed E-state index contributed by atoms with van der Waals surface area (Å²) in [6, 6.07) is 13.9. The van der Waals surface area contributed by atoms with Gasteiger partial charge in [-0.05, 0) is 43.7 Å². The van der Waals surface area contributed by atoms with Gasteiger partial charge < -0.3 is 14.7 Å². The van der Waals surface area contributed by atoms with E-state index in [-0.39, 0.29) is 12.4 Å². The average molecular weight is 411 g/mol. The Kier molecular flexibility index (Phi) is 8.24. The predicted octanol–water partition coefficient (Wildman–Crippen LogP) is 3.94. The number of ether oxygens (including phenoxy) is 1. The van der Waals surface area contributed by atoms with Crippen molar-refractivity contribution in [3.63, 3.8) is 0 Å². The maximum Gasteiger partial charge on any atom is 0.119 e. The van der Waals surface area contributed by atoms with E-state index in [9.17, 15) is 5.11 Å². The van der Waals surface area contributed by atoms with Crippen LogP contribution >= 0.6 is 24.0 Å². The van der Waals surface area contributed by atoms with Crippen LogP contribution in [0, 0.1) is 13.8 Å². The van der Waals surface area contributed by atoms with Gasteiger partial charge in [0.25, 0.3) is 0 Å². The van der Waals surface area contributed by atoms with E-state index >= 15 is 0 Å². The van der Waals surface area contributed by atoms with Crippen molar-refractivity contribution in [1.82, 2.24) is 4.90 Å². The van der Waals surface area contributed by atoms with Crippen LogP contribution in [-0.2, 0) is 0 Å². The maximum atomic E-state index is 10.3. The Hall–Kier alpha value is -1.46. The van der Waals surface area contributed by atoms with Gasteiger partial charge in [-0.15, -0.1) is 12.4 Å². The molecular weight excluding hydrogens is 383 g/mol. The summed E-state index contributed by atoms with van der Waals surface area (Å²) in [6.07, 6.45) is -0.490. The third kappa shape index (κ3) is 6.28. The third-order valence-electron chi connectivity index (χ3n) is 4.82. The largest absolute Gasteiger partial charge is 0.491 e. The molecule has 1 N–H and O–H groups in total. The molecule has 0 radical (unpaired) electrons. The summed E-state index contributed by atoms with van der Waals surface area (Å²) >= 11 is 6.14. The van der Waals surface area contributed by atoms with Crippen LogP contribution in [0.3, 0.4) is 0 Å². The molecule has 1 saturated heterocycles. The molecule has 1 heterocycles. The molecule has 0 aromatic heterocycles. The number of hydrogen-bond donors (Lipinski definition) is 1. The average Bonchev–Trinajstić information content (AvgIpc) is 2.64. The lowest BCUT2D eigenvalue weighted by molar-refractivity contribution is 0.0663. The van der Waals surface area contributed by atoms with Gasteiger partial charge in [0.05, 0.1) is 0 Å². The lowest BCUT2D eigenvalue weighted by Crippen LogP contribution is -2.49. The fraction of sp³-hybridized carbons (Fsp3) is 0.429. The fourth-order valence-electron chi connectivity index (χ4n) is 3.27. The number of benzene rings is 2. The Bertz CT molecular complexity index is 717. The van der Waals surface area contributed by atoms with E-state index in [4.69, 9.17) is 16.3 Å². The molecule has 4 nitrogen and oxygen atoms in total. The first-order valence-corrected chi connectivity index (χ1v) is 9.50. The number of nitrogens with zero attached hydrogens (tertiary/aromatic N) is 2. The lowest BCUT2D eigenvalue weighted by Gasteiger charge is -2.37. The quantitative estimate of drug-likeness (QED) is 0.781. The zero-order chi connectivity index (χ0) is 18.5. The summed E-state index contributed by atoms with van der Waals surface area (Å²) in [6.45, 7) is 8.83. The molecule has 1 fully saturated rings. The molecule has 148 valence electrons. The van der Waals surface area contributed by atoms with Crippen LogP contribution in [0.2, 0.25) is 5.02 Å². The summed E-state index contributed by atoms with van der Waals surface area (Å²) in [4.78, 5) is 4.66. The molecule has 1 atom stereocenters. The third-order valence-corrected chi connectivity index (χ3v) is 5.05. The second-order valence-electron chi connectivity index (χ2n) is 7.00. The minimum absolute atomic E-state index is 0. The molecule has 1 aliphatic heterocycles. The van der Waals surface area contributed by atoms with Crippen LogP contribution in [0.1, 0.15) is 11.1 Å². The van der Waals surface area contributed by atoms with Crippen LogP contribution in [0.5, 0.6) is 5.75 Å². The molecule has 1 aliphatic rings. The molecule has 0 bridgehead atoms. The molecule has 0 aliphatic carbocycles. The predicted molar refractivity (Wildman–Crippen MR) is 115 cm³/mol. The highest BCUT2D eigenvalue weighted by Gasteiger charge is 2.20. The van der Waals surface area contributed by atoms with E-state index in [0.717, 1.165) is 37.0 Å². The van der Waals surface area contributed by atoms with Crippen LogP contribution in [-0.4, -0.2) is 55.4 Å². The Labute approximate surface area is 173 Å². The molecule has 1 unspecified atom stereocenters. The number of aliphatic hydroxyl groups excluding tert-OH is 1. The molecule has 0 saturated carbocycles. The Morgan fingerprint density at radius 1 is 1.04 bits per heavy atom. The number of hydrogen-bond acceptors (Lipinski definition) is 4. The van der Waals surface area contributed by atoms with Crippen molar-refractivity contribution in [1.29, 1.82) is 0 Å². The van der Waals surface area contributed by atoms with Crippen LogP contribution < -0.4 is 9.64 Å². The minimum Gasteiger partial charge on any atom is -0.491 e. The van der Waals surface area contributed by atoms with Crippen LogP contribution in [0.25, 0.3) is 0 Å². The maximum absolute atomic E-state index is 10.3. The van der Waals surface area contributed by atoms with Gasteiger partial charge in [-0.3, -0.25) is 4.90 Å². The summed E-state index contributed by atoms with van der Waals surface area (Å²) in [5.74, 6) is 0.802. The number of rotatable bonds is 6. The van der Waals surface area contributed by atoms with Crippen molar-refractivity contribution in [2.75, 3.05) is 44.2 Å². The van der Waals surface area contributed by atoms with E-state index in [1.165, 1.54) is 16.8 Å². The van der Waals surface area contributed by atoms with E-state index < -0.39 is 6.10 Å². The van der Waals surface area contributed by atoms with Gasteiger partial charge in [0.2, 0.25) is 0 Å². The number of anilines is 1. The van der Waals surface area contributed by atoms with Gasteiger partial charge in [0.1, 0.15) is 18.5 Å². The second-order valence-corrected chi connectivity index (χ2v) is 7.43. The van der Waals surface area contributed by atoms with Crippen LogP contribution in [0.4, 0.5) is 5.69 Å². The normalized spacial score (nSPS) is 15.9. The highest BCUT2D eigenvalue weighted by molar-refractivity contribution is 6.30. The van der Waals surface area contributed by atoms with Crippen molar-refractivity contribution >= 4 is 29.7 Å². The first-order chi connectivity index (χ1) is 12.5. The van der Waals surface area contributed by atoms with E-state index in [0.29, 0.717) is 13.2 Å². The zero-order valence-electron chi connectivity index (χ0n) is 15.9. The molecule has 6 heteroatoms. The number of aliphatic hydroxyl groups is 1. The Balaban J connectivity index is 0.00000261. The molecule has 0 amide bonds. The lowest BCUT2D eigenvalue weighted by atomic mass is 10.1. The van der Waals surface area contributed by atoms with E-state index in [2.05, 4.69) is 22.8 Å². The highest BCUT2D eigenvalue weighted by atomic mass is 35.5. The molecule has 27 heavy (non-hydrogen) atoms. The topological polar surface area (TPSA) is 35.9 Å². The number of aryl methyl sites for hydroxylation is 2. The van der Waals surface area contributed by atoms with Gasteiger partial charge in [-0.25, -0.2) is 0 Å².